The van der Waals surface area contributed by atoms with Crippen molar-refractivity contribution < 1.29 is 4.74 Å². The fraction of sp³-hybridized carbons (Fsp3) is 1.00. The van der Waals surface area contributed by atoms with E-state index < -0.39 is 0 Å². The first-order valence-electron chi connectivity index (χ1n) is 9.56. The van der Waals surface area contributed by atoms with E-state index in [0.29, 0.717) is 18.2 Å². The average Bonchev–Trinajstić information content (AvgIpc) is 3.18. The minimum absolute atomic E-state index is 0.529. The first-order valence-corrected chi connectivity index (χ1v) is 9.56. The summed E-state index contributed by atoms with van der Waals surface area (Å²) in [5.74, 6) is 0. The summed E-state index contributed by atoms with van der Waals surface area (Å²) in [6, 6.07) is 2.29. The van der Waals surface area contributed by atoms with Crippen LogP contribution in [0.15, 0.2) is 0 Å². The zero-order valence-corrected chi connectivity index (χ0v) is 13.4. The van der Waals surface area contributed by atoms with Gasteiger partial charge in [0.25, 0.3) is 0 Å². The van der Waals surface area contributed by atoms with E-state index in [0.717, 1.165) is 12.1 Å². The summed E-state index contributed by atoms with van der Waals surface area (Å²) >= 11 is 0. The SMILES string of the molecule is C1CCC(O[C@@H]2CCCC[C@H]2N2CCN[C@@H]3CCC[C@@H]32)C1. The Kier molecular flexibility index (Phi) is 4.52. The zero-order chi connectivity index (χ0) is 14.1. The third-order valence-electron chi connectivity index (χ3n) is 6.45. The molecular formula is C18H32N2O. The fourth-order valence-electron chi connectivity index (χ4n) is 5.42. The highest BCUT2D eigenvalue weighted by Crippen LogP contribution is 2.35. The zero-order valence-electron chi connectivity index (χ0n) is 13.4. The molecule has 0 amide bonds. The molecule has 0 aromatic heterocycles. The molecule has 3 saturated carbocycles. The van der Waals surface area contributed by atoms with Crippen LogP contribution in [0.3, 0.4) is 0 Å². The van der Waals surface area contributed by atoms with Crippen molar-refractivity contribution in [2.75, 3.05) is 13.1 Å². The van der Waals surface area contributed by atoms with Crippen LogP contribution in [0.1, 0.15) is 70.6 Å². The van der Waals surface area contributed by atoms with Gasteiger partial charge in [0.1, 0.15) is 0 Å². The Bertz CT molecular complexity index is 342. The van der Waals surface area contributed by atoms with Gasteiger partial charge in [0, 0.05) is 31.2 Å². The third-order valence-corrected chi connectivity index (χ3v) is 6.45. The lowest BCUT2D eigenvalue weighted by atomic mass is 9.88. The van der Waals surface area contributed by atoms with Gasteiger partial charge in [-0.2, -0.15) is 0 Å². The summed E-state index contributed by atoms with van der Waals surface area (Å²) in [5.41, 5.74) is 0. The molecule has 1 N–H and O–H groups in total. The van der Waals surface area contributed by atoms with E-state index in [1.807, 2.05) is 0 Å². The van der Waals surface area contributed by atoms with E-state index in [1.54, 1.807) is 0 Å². The monoisotopic (exact) mass is 292 g/mol. The molecule has 120 valence electrons. The lowest BCUT2D eigenvalue weighted by molar-refractivity contribution is -0.0875. The molecule has 21 heavy (non-hydrogen) atoms. The Balaban J connectivity index is 1.44. The minimum Gasteiger partial charge on any atom is -0.373 e. The van der Waals surface area contributed by atoms with Gasteiger partial charge in [-0.15, -0.1) is 0 Å². The van der Waals surface area contributed by atoms with Crippen LogP contribution in [0, 0.1) is 0 Å². The highest BCUT2D eigenvalue weighted by atomic mass is 16.5. The van der Waals surface area contributed by atoms with Gasteiger partial charge < -0.3 is 10.1 Å². The second-order valence-electron chi connectivity index (χ2n) is 7.73. The van der Waals surface area contributed by atoms with Crippen molar-refractivity contribution in [3.8, 4) is 0 Å². The quantitative estimate of drug-likeness (QED) is 0.865. The number of hydrogen-bond acceptors (Lipinski definition) is 3. The highest BCUT2D eigenvalue weighted by Gasteiger charge is 2.42. The lowest BCUT2D eigenvalue weighted by Gasteiger charge is -2.47. The van der Waals surface area contributed by atoms with Crippen molar-refractivity contribution >= 4 is 0 Å². The first-order chi connectivity index (χ1) is 10.4. The molecule has 1 saturated heterocycles. The molecule has 1 aliphatic heterocycles. The maximum Gasteiger partial charge on any atom is 0.0734 e. The van der Waals surface area contributed by atoms with Crippen LogP contribution in [0.2, 0.25) is 0 Å². The van der Waals surface area contributed by atoms with Gasteiger partial charge in [0.05, 0.1) is 12.2 Å². The van der Waals surface area contributed by atoms with Gasteiger partial charge in [0.15, 0.2) is 0 Å². The second kappa shape index (κ2) is 6.55. The van der Waals surface area contributed by atoms with Crippen LogP contribution < -0.4 is 5.32 Å². The molecule has 0 bridgehead atoms. The summed E-state index contributed by atoms with van der Waals surface area (Å²) in [5, 5.41) is 3.76. The molecule has 0 aromatic rings. The maximum absolute atomic E-state index is 6.60. The number of ether oxygens (including phenoxy) is 1. The Morgan fingerprint density at radius 1 is 0.762 bits per heavy atom. The normalized spacial score (nSPS) is 42.3. The van der Waals surface area contributed by atoms with Gasteiger partial charge in [-0.05, 0) is 38.5 Å². The van der Waals surface area contributed by atoms with Crippen molar-refractivity contribution in [2.24, 2.45) is 0 Å². The molecule has 3 nitrogen and oxygen atoms in total. The Hall–Kier alpha value is -0.120. The molecule has 4 rings (SSSR count). The van der Waals surface area contributed by atoms with E-state index in [1.165, 1.54) is 83.7 Å². The first kappa shape index (κ1) is 14.5. The van der Waals surface area contributed by atoms with E-state index in [4.69, 9.17) is 4.74 Å². The van der Waals surface area contributed by atoms with Crippen molar-refractivity contribution in [2.45, 2.75) is 101 Å². The van der Waals surface area contributed by atoms with Crippen LogP contribution in [0.4, 0.5) is 0 Å². The van der Waals surface area contributed by atoms with Crippen LogP contribution in [0.5, 0.6) is 0 Å². The van der Waals surface area contributed by atoms with Crippen molar-refractivity contribution in [3.63, 3.8) is 0 Å². The smallest absolute Gasteiger partial charge is 0.0734 e. The Morgan fingerprint density at radius 2 is 1.52 bits per heavy atom. The van der Waals surface area contributed by atoms with Crippen molar-refractivity contribution in [1.29, 1.82) is 0 Å². The van der Waals surface area contributed by atoms with Crippen molar-refractivity contribution in [3.05, 3.63) is 0 Å². The summed E-state index contributed by atoms with van der Waals surface area (Å²) in [6.07, 6.45) is 16.2. The van der Waals surface area contributed by atoms with Gasteiger partial charge in [-0.3, -0.25) is 4.90 Å². The molecule has 4 fully saturated rings. The highest BCUT2D eigenvalue weighted by molar-refractivity contribution is 4.99. The van der Waals surface area contributed by atoms with Gasteiger partial charge in [-0.1, -0.05) is 32.1 Å². The lowest BCUT2D eigenvalue weighted by Crippen LogP contribution is -2.61. The molecule has 0 radical (unpaired) electrons. The third kappa shape index (κ3) is 3.02. The van der Waals surface area contributed by atoms with E-state index >= 15 is 0 Å². The van der Waals surface area contributed by atoms with Gasteiger partial charge >= 0.3 is 0 Å². The minimum atomic E-state index is 0.529. The van der Waals surface area contributed by atoms with Crippen LogP contribution in [0.25, 0.3) is 0 Å². The van der Waals surface area contributed by atoms with E-state index in [2.05, 4.69) is 10.2 Å². The molecular weight excluding hydrogens is 260 g/mol. The summed E-state index contributed by atoms with van der Waals surface area (Å²) in [7, 11) is 0. The molecule has 4 aliphatic rings. The Morgan fingerprint density at radius 3 is 2.43 bits per heavy atom. The maximum atomic E-state index is 6.60. The van der Waals surface area contributed by atoms with E-state index in [9.17, 15) is 0 Å². The number of rotatable bonds is 3. The topological polar surface area (TPSA) is 24.5 Å². The summed E-state index contributed by atoms with van der Waals surface area (Å²) in [4.78, 5) is 2.87. The van der Waals surface area contributed by atoms with Gasteiger partial charge in [-0.25, -0.2) is 0 Å². The molecule has 0 aromatic carbocycles. The summed E-state index contributed by atoms with van der Waals surface area (Å²) in [6.45, 7) is 2.43. The number of hydrogen-bond donors (Lipinski definition) is 1. The number of nitrogens with zero attached hydrogens (tertiary/aromatic N) is 1. The molecule has 3 heteroatoms. The standard InChI is InChI=1S/C18H32N2O/c1-2-7-14(6-1)21-18-11-4-3-9-17(18)20-13-12-19-15-8-5-10-16(15)20/h14-19H,1-13H2/t15-,16+,17-,18-/m1/s1. The average molecular weight is 292 g/mol. The van der Waals surface area contributed by atoms with E-state index in [-0.39, 0.29) is 0 Å². The molecule has 3 aliphatic carbocycles. The second-order valence-corrected chi connectivity index (χ2v) is 7.73. The predicted octanol–water partition coefficient (Wildman–Crippen LogP) is 3.08. The molecule has 0 unspecified atom stereocenters. The van der Waals surface area contributed by atoms with Crippen LogP contribution in [-0.2, 0) is 4.74 Å². The number of fused-ring (bicyclic) bond motifs is 1. The largest absolute Gasteiger partial charge is 0.373 e. The van der Waals surface area contributed by atoms with Crippen LogP contribution >= 0.6 is 0 Å². The number of piperazine rings is 1. The predicted molar refractivity (Wildman–Crippen MR) is 85.5 cm³/mol. The Labute approximate surface area is 129 Å². The summed E-state index contributed by atoms with van der Waals surface area (Å²) < 4.78 is 6.60. The molecule has 4 atom stereocenters. The van der Waals surface area contributed by atoms with Gasteiger partial charge in [0.2, 0.25) is 0 Å². The molecule has 0 spiro atoms. The van der Waals surface area contributed by atoms with Crippen molar-refractivity contribution in [1.82, 2.24) is 10.2 Å². The molecule has 1 heterocycles. The fourth-order valence-corrected chi connectivity index (χ4v) is 5.42. The van der Waals surface area contributed by atoms with Crippen LogP contribution in [-0.4, -0.2) is 48.3 Å². The number of nitrogens with one attached hydrogen (secondary N) is 1.